The van der Waals surface area contributed by atoms with Gasteiger partial charge in [0.25, 0.3) is 5.91 Å². The van der Waals surface area contributed by atoms with Crippen LogP contribution in [0.5, 0.6) is 11.5 Å². The number of amides is 1. The van der Waals surface area contributed by atoms with Crippen LogP contribution in [0, 0.1) is 0 Å². The average molecular weight is 383 g/mol. The Morgan fingerprint density at radius 3 is 2.74 bits per heavy atom. The van der Waals surface area contributed by atoms with Crippen LogP contribution < -0.4 is 15.2 Å². The molecule has 0 unspecified atom stereocenters. The van der Waals surface area contributed by atoms with Crippen LogP contribution in [0.4, 0.5) is 0 Å². The van der Waals surface area contributed by atoms with Gasteiger partial charge >= 0.3 is 0 Å². The van der Waals surface area contributed by atoms with Gasteiger partial charge in [-0.2, -0.15) is 15.4 Å². The van der Waals surface area contributed by atoms with E-state index in [9.17, 15) is 4.79 Å². The number of nitrogens with zero attached hydrogens (tertiary/aromatic N) is 2. The Labute approximate surface area is 142 Å². The summed E-state index contributed by atoms with van der Waals surface area (Å²) < 4.78 is 12.2. The third-order valence-corrected chi connectivity index (χ3v) is 3.70. The fraction of sp³-hybridized carbons (Fsp3) is 0.400. The standard InChI is InChI=1S/C15H19BrN4O3/c1-3-5-6-23-14-10(16)7-9(8-11(14)22-4-2)12-13(15(17)21)19-20-18-12/h7-8H,3-6H2,1-2H3,(H2,17,21)(H,18,19,20). The van der Waals surface area contributed by atoms with E-state index in [1.165, 1.54) is 0 Å². The molecular formula is C15H19BrN4O3. The highest BCUT2D eigenvalue weighted by atomic mass is 79.9. The maximum absolute atomic E-state index is 11.4. The van der Waals surface area contributed by atoms with Crippen molar-refractivity contribution in [1.29, 1.82) is 0 Å². The van der Waals surface area contributed by atoms with Crippen LogP contribution in [-0.2, 0) is 0 Å². The van der Waals surface area contributed by atoms with Gasteiger partial charge in [-0.1, -0.05) is 13.3 Å². The third-order valence-electron chi connectivity index (χ3n) is 3.11. The van der Waals surface area contributed by atoms with E-state index in [1.54, 1.807) is 12.1 Å². The molecule has 0 bridgehead atoms. The molecule has 0 fully saturated rings. The Morgan fingerprint density at radius 2 is 2.09 bits per heavy atom. The van der Waals surface area contributed by atoms with Crippen LogP contribution in [0.1, 0.15) is 37.2 Å². The van der Waals surface area contributed by atoms with Crippen molar-refractivity contribution < 1.29 is 14.3 Å². The molecule has 124 valence electrons. The lowest BCUT2D eigenvalue weighted by atomic mass is 10.1. The van der Waals surface area contributed by atoms with Crippen molar-refractivity contribution in [3.63, 3.8) is 0 Å². The molecule has 0 spiro atoms. The number of primary amides is 1. The number of aromatic amines is 1. The van der Waals surface area contributed by atoms with E-state index in [0.29, 0.717) is 40.4 Å². The van der Waals surface area contributed by atoms with Crippen molar-refractivity contribution in [3.05, 3.63) is 22.3 Å². The maximum atomic E-state index is 11.4. The second kappa shape index (κ2) is 7.96. The Bertz CT molecular complexity index is 687. The molecule has 23 heavy (non-hydrogen) atoms. The molecule has 7 nitrogen and oxygen atoms in total. The van der Waals surface area contributed by atoms with E-state index in [4.69, 9.17) is 15.2 Å². The zero-order chi connectivity index (χ0) is 16.8. The Kier molecular flexibility index (Phi) is 5.97. The van der Waals surface area contributed by atoms with Crippen molar-refractivity contribution in [3.8, 4) is 22.8 Å². The van der Waals surface area contributed by atoms with Crippen molar-refractivity contribution in [2.75, 3.05) is 13.2 Å². The number of hydrogen-bond acceptors (Lipinski definition) is 5. The predicted octanol–water partition coefficient (Wildman–Crippen LogP) is 2.91. The fourth-order valence-corrected chi connectivity index (χ4v) is 2.59. The SMILES string of the molecule is CCCCOc1c(Br)cc(-c2n[nH]nc2C(N)=O)cc1OCC. The van der Waals surface area contributed by atoms with Crippen LogP contribution >= 0.6 is 15.9 Å². The van der Waals surface area contributed by atoms with Gasteiger partial charge in [0.05, 0.1) is 17.7 Å². The van der Waals surface area contributed by atoms with E-state index in [2.05, 4.69) is 38.3 Å². The van der Waals surface area contributed by atoms with Crippen LogP contribution in [0.25, 0.3) is 11.3 Å². The second-order valence-electron chi connectivity index (χ2n) is 4.81. The summed E-state index contributed by atoms with van der Waals surface area (Å²) in [5, 5.41) is 10.2. The highest BCUT2D eigenvalue weighted by Gasteiger charge is 2.19. The maximum Gasteiger partial charge on any atom is 0.271 e. The van der Waals surface area contributed by atoms with Crippen molar-refractivity contribution in [2.45, 2.75) is 26.7 Å². The van der Waals surface area contributed by atoms with Gasteiger partial charge in [0, 0.05) is 5.56 Å². The monoisotopic (exact) mass is 382 g/mol. The number of ether oxygens (including phenoxy) is 2. The number of benzene rings is 1. The van der Waals surface area contributed by atoms with E-state index in [0.717, 1.165) is 12.8 Å². The minimum Gasteiger partial charge on any atom is -0.490 e. The highest BCUT2D eigenvalue weighted by Crippen LogP contribution is 2.40. The fourth-order valence-electron chi connectivity index (χ4n) is 2.03. The number of nitrogens with two attached hydrogens (primary N) is 1. The van der Waals surface area contributed by atoms with Gasteiger partial charge in [-0.25, -0.2) is 0 Å². The zero-order valence-corrected chi connectivity index (χ0v) is 14.6. The molecule has 0 saturated carbocycles. The van der Waals surface area contributed by atoms with Gasteiger partial charge < -0.3 is 15.2 Å². The molecule has 0 aliphatic rings. The molecule has 2 aromatic rings. The summed E-state index contributed by atoms with van der Waals surface area (Å²) in [7, 11) is 0. The number of unbranched alkanes of at least 4 members (excludes halogenated alkanes) is 1. The van der Waals surface area contributed by atoms with Crippen LogP contribution in [-0.4, -0.2) is 34.5 Å². The molecule has 0 aliphatic carbocycles. The molecule has 0 atom stereocenters. The lowest BCUT2D eigenvalue weighted by Crippen LogP contribution is -2.12. The Hall–Kier alpha value is -2.09. The number of nitrogens with one attached hydrogen (secondary N) is 1. The summed E-state index contributed by atoms with van der Waals surface area (Å²) in [5.74, 6) is 0.561. The average Bonchev–Trinajstić information content (AvgIpc) is 2.99. The quantitative estimate of drug-likeness (QED) is 0.683. The smallest absolute Gasteiger partial charge is 0.271 e. The molecule has 0 aliphatic heterocycles. The first kappa shape index (κ1) is 17.3. The number of rotatable bonds is 8. The first-order valence-corrected chi connectivity index (χ1v) is 8.17. The van der Waals surface area contributed by atoms with E-state index >= 15 is 0 Å². The Balaban J connectivity index is 2.42. The number of carbonyl (C=O) groups excluding carboxylic acids is 1. The van der Waals surface area contributed by atoms with Gasteiger partial charge in [0.1, 0.15) is 5.69 Å². The number of aromatic nitrogens is 3. The molecule has 2 rings (SSSR count). The van der Waals surface area contributed by atoms with Gasteiger partial charge in [-0.05, 0) is 41.4 Å². The summed E-state index contributed by atoms with van der Waals surface area (Å²) in [5.41, 5.74) is 6.43. The number of hydrogen-bond donors (Lipinski definition) is 2. The van der Waals surface area contributed by atoms with Crippen LogP contribution in [0.2, 0.25) is 0 Å². The summed E-state index contributed by atoms with van der Waals surface area (Å²) >= 11 is 3.49. The largest absolute Gasteiger partial charge is 0.490 e. The predicted molar refractivity (Wildman–Crippen MR) is 89.6 cm³/mol. The van der Waals surface area contributed by atoms with E-state index < -0.39 is 5.91 Å². The molecule has 1 amide bonds. The van der Waals surface area contributed by atoms with Crippen LogP contribution in [0.15, 0.2) is 16.6 Å². The van der Waals surface area contributed by atoms with Gasteiger partial charge in [0.15, 0.2) is 17.2 Å². The van der Waals surface area contributed by atoms with Gasteiger partial charge in [0.2, 0.25) is 0 Å². The zero-order valence-electron chi connectivity index (χ0n) is 13.1. The number of halogens is 1. The van der Waals surface area contributed by atoms with Crippen molar-refractivity contribution in [2.24, 2.45) is 5.73 Å². The van der Waals surface area contributed by atoms with E-state index in [1.807, 2.05) is 6.92 Å². The number of carbonyl (C=O) groups is 1. The molecular weight excluding hydrogens is 364 g/mol. The Morgan fingerprint density at radius 1 is 1.30 bits per heavy atom. The van der Waals surface area contributed by atoms with Crippen LogP contribution in [0.3, 0.4) is 0 Å². The topological polar surface area (TPSA) is 103 Å². The van der Waals surface area contributed by atoms with Gasteiger partial charge in [-0.3, -0.25) is 4.79 Å². The van der Waals surface area contributed by atoms with Crippen molar-refractivity contribution in [1.82, 2.24) is 15.4 Å². The molecule has 0 saturated heterocycles. The van der Waals surface area contributed by atoms with E-state index in [-0.39, 0.29) is 5.69 Å². The first-order chi connectivity index (χ1) is 11.1. The minimum absolute atomic E-state index is 0.0824. The molecule has 1 heterocycles. The summed E-state index contributed by atoms with van der Waals surface area (Å²) in [4.78, 5) is 11.4. The number of H-pyrrole nitrogens is 1. The molecule has 3 N–H and O–H groups in total. The lowest BCUT2D eigenvalue weighted by Gasteiger charge is -2.15. The molecule has 8 heteroatoms. The first-order valence-electron chi connectivity index (χ1n) is 7.38. The lowest BCUT2D eigenvalue weighted by molar-refractivity contribution is 0.0996. The second-order valence-corrected chi connectivity index (χ2v) is 5.66. The third kappa shape index (κ3) is 4.01. The summed E-state index contributed by atoms with van der Waals surface area (Å²) in [6.45, 7) is 5.08. The summed E-state index contributed by atoms with van der Waals surface area (Å²) in [6, 6.07) is 3.56. The molecule has 0 radical (unpaired) electrons. The van der Waals surface area contributed by atoms with Gasteiger partial charge in [-0.15, -0.1) is 0 Å². The van der Waals surface area contributed by atoms with Crippen molar-refractivity contribution >= 4 is 21.8 Å². The molecule has 1 aromatic carbocycles. The summed E-state index contributed by atoms with van der Waals surface area (Å²) in [6.07, 6.45) is 2.00. The molecule has 1 aromatic heterocycles. The highest BCUT2D eigenvalue weighted by molar-refractivity contribution is 9.10. The normalized spacial score (nSPS) is 10.6. The minimum atomic E-state index is -0.647.